The van der Waals surface area contributed by atoms with Gasteiger partial charge in [0, 0.05) is 16.7 Å². The van der Waals surface area contributed by atoms with Gasteiger partial charge in [0.25, 0.3) is 0 Å². The molecule has 0 bridgehead atoms. The summed E-state index contributed by atoms with van der Waals surface area (Å²) in [4.78, 5) is 13.1. The van der Waals surface area contributed by atoms with Crippen molar-refractivity contribution in [3.63, 3.8) is 0 Å². The first-order valence-electron chi connectivity index (χ1n) is 8.43. The Balaban J connectivity index is 1.78. The zero-order valence-electron chi connectivity index (χ0n) is 13.4. The maximum atomic E-state index is 13.1. The average Bonchev–Trinajstić information content (AvgIpc) is 3.09. The van der Waals surface area contributed by atoms with E-state index in [1.54, 1.807) is 6.08 Å². The fourth-order valence-electron chi connectivity index (χ4n) is 3.96. The topological polar surface area (TPSA) is 26.3 Å². The second-order valence-corrected chi connectivity index (χ2v) is 7.09. The lowest BCUT2D eigenvalue weighted by Gasteiger charge is -2.39. The van der Waals surface area contributed by atoms with Crippen LogP contribution >= 0.6 is 11.6 Å². The number of hydrogen-bond acceptors (Lipinski definition) is 2. The molecule has 4 rings (SSSR count). The van der Waals surface area contributed by atoms with Crippen LogP contribution in [0.1, 0.15) is 42.9 Å². The van der Waals surface area contributed by atoms with Gasteiger partial charge in [0.2, 0.25) is 0 Å². The molecule has 2 aliphatic rings. The fourth-order valence-corrected chi connectivity index (χ4v) is 4.09. The van der Waals surface area contributed by atoms with E-state index in [0.717, 1.165) is 36.8 Å². The van der Waals surface area contributed by atoms with Gasteiger partial charge >= 0.3 is 0 Å². The molecule has 1 spiro atoms. The van der Waals surface area contributed by atoms with Crippen molar-refractivity contribution in [1.29, 1.82) is 0 Å². The molecule has 0 N–H and O–H groups in total. The van der Waals surface area contributed by atoms with Gasteiger partial charge in [-0.25, -0.2) is 0 Å². The molecule has 1 aliphatic carbocycles. The van der Waals surface area contributed by atoms with E-state index in [1.807, 2.05) is 42.5 Å². The highest BCUT2D eigenvalue weighted by atomic mass is 35.5. The molecule has 1 heterocycles. The number of hydrogen-bond donors (Lipinski definition) is 0. The molecule has 2 nitrogen and oxygen atoms in total. The number of carbonyl (C=O) groups is 1. The predicted molar refractivity (Wildman–Crippen MR) is 95.6 cm³/mol. The molecule has 1 atom stereocenters. The Morgan fingerprint density at radius 3 is 2.29 bits per heavy atom. The summed E-state index contributed by atoms with van der Waals surface area (Å²) in [7, 11) is 0. The molecule has 1 aliphatic heterocycles. The normalized spacial score (nSPS) is 22.3. The molecule has 0 saturated heterocycles. The third-order valence-corrected chi connectivity index (χ3v) is 5.48. The van der Waals surface area contributed by atoms with Crippen molar-refractivity contribution in [3.05, 3.63) is 76.8 Å². The van der Waals surface area contributed by atoms with Crippen LogP contribution in [0, 0.1) is 5.41 Å². The average molecular weight is 339 g/mol. The molecule has 2 aromatic rings. The Morgan fingerprint density at radius 2 is 1.62 bits per heavy atom. The Morgan fingerprint density at radius 1 is 0.958 bits per heavy atom. The summed E-state index contributed by atoms with van der Waals surface area (Å²) in [5.74, 6) is 0.841. The Labute approximate surface area is 147 Å². The van der Waals surface area contributed by atoms with Crippen molar-refractivity contribution in [3.8, 4) is 0 Å². The molecule has 24 heavy (non-hydrogen) atoms. The van der Waals surface area contributed by atoms with E-state index < -0.39 is 5.41 Å². The summed E-state index contributed by atoms with van der Waals surface area (Å²) in [6.45, 7) is 0. The maximum Gasteiger partial charge on any atom is 0.169 e. The third-order valence-electron chi connectivity index (χ3n) is 5.23. The number of ketones is 1. The number of allylic oxidation sites excluding steroid dienone is 1. The van der Waals surface area contributed by atoms with E-state index in [4.69, 9.17) is 16.3 Å². The summed E-state index contributed by atoms with van der Waals surface area (Å²) < 4.78 is 6.40. The largest absolute Gasteiger partial charge is 0.484 e. The van der Waals surface area contributed by atoms with Crippen molar-refractivity contribution >= 4 is 23.1 Å². The molecular formula is C21H19ClO2. The van der Waals surface area contributed by atoms with Crippen LogP contribution in [0.4, 0.5) is 0 Å². The molecule has 0 aromatic heterocycles. The molecule has 1 unspecified atom stereocenters. The Kier molecular flexibility index (Phi) is 3.93. The van der Waals surface area contributed by atoms with Gasteiger partial charge in [-0.1, -0.05) is 54.8 Å². The van der Waals surface area contributed by atoms with Crippen LogP contribution < -0.4 is 0 Å². The zero-order valence-corrected chi connectivity index (χ0v) is 14.1. The monoisotopic (exact) mass is 338 g/mol. The van der Waals surface area contributed by atoms with Crippen molar-refractivity contribution in [2.24, 2.45) is 5.41 Å². The highest BCUT2D eigenvalue weighted by molar-refractivity contribution is 6.30. The van der Waals surface area contributed by atoms with Gasteiger partial charge < -0.3 is 4.74 Å². The van der Waals surface area contributed by atoms with E-state index in [-0.39, 0.29) is 11.9 Å². The lowest BCUT2D eigenvalue weighted by Crippen LogP contribution is -2.38. The second kappa shape index (κ2) is 6.10. The fraction of sp³-hybridized carbons (Fsp3) is 0.286. The molecule has 0 radical (unpaired) electrons. The predicted octanol–water partition coefficient (Wildman–Crippen LogP) is 5.58. The standard InChI is InChI=1S/C21H19ClO2/c22-17-10-8-15(9-11-17)18-14-19(23)21(12-4-5-13-21)20(24-18)16-6-2-1-3-7-16/h1-3,6-11,14,20H,4-5,12-13H2. The van der Waals surface area contributed by atoms with Crippen molar-refractivity contribution < 1.29 is 9.53 Å². The third kappa shape index (κ3) is 2.55. The number of rotatable bonds is 2. The van der Waals surface area contributed by atoms with Gasteiger partial charge in [-0.2, -0.15) is 0 Å². The van der Waals surface area contributed by atoms with E-state index in [9.17, 15) is 4.79 Å². The van der Waals surface area contributed by atoms with Crippen LogP contribution in [-0.4, -0.2) is 5.78 Å². The van der Waals surface area contributed by atoms with Crippen LogP contribution in [0.5, 0.6) is 0 Å². The maximum absolute atomic E-state index is 13.1. The van der Waals surface area contributed by atoms with Crippen LogP contribution in [0.15, 0.2) is 60.7 Å². The van der Waals surface area contributed by atoms with E-state index in [0.29, 0.717) is 10.8 Å². The van der Waals surface area contributed by atoms with Gasteiger partial charge in [0.1, 0.15) is 11.9 Å². The molecule has 0 amide bonds. The number of ether oxygens (including phenoxy) is 1. The number of benzene rings is 2. The van der Waals surface area contributed by atoms with E-state index in [2.05, 4.69) is 12.1 Å². The highest BCUT2D eigenvalue weighted by Crippen LogP contribution is 2.54. The molecule has 2 aromatic carbocycles. The van der Waals surface area contributed by atoms with Crippen molar-refractivity contribution in [1.82, 2.24) is 0 Å². The van der Waals surface area contributed by atoms with Gasteiger partial charge in [-0.05, 0) is 42.7 Å². The summed E-state index contributed by atoms with van der Waals surface area (Å²) in [5.41, 5.74) is 1.56. The first-order chi connectivity index (χ1) is 11.7. The minimum Gasteiger partial charge on any atom is -0.484 e. The van der Waals surface area contributed by atoms with Gasteiger partial charge in [0.05, 0.1) is 5.41 Å². The molecule has 3 heteroatoms. The van der Waals surface area contributed by atoms with Gasteiger partial charge in [-0.15, -0.1) is 0 Å². The minimum atomic E-state index is -0.405. The van der Waals surface area contributed by atoms with Gasteiger partial charge in [0.15, 0.2) is 5.78 Å². The molecular weight excluding hydrogens is 320 g/mol. The zero-order chi connectivity index (χ0) is 16.6. The molecule has 1 saturated carbocycles. The Bertz CT molecular complexity index is 771. The Hall–Kier alpha value is -2.06. The lowest BCUT2D eigenvalue weighted by molar-refractivity contribution is -0.132. The number of carbonyl (C=O) groups excluding carboxylic acids is 1. The number of halogens is 1. The second-order valence-electron chi connectivity index (χ2n) is 6.65. The van der Waals surface area contributed by atoms with Crippen LogP contribution in [0.3, 0.4) is 0 Å². The SMILES string of the molecule is O=C1C=C(c2ccc(Cl)cc2)OC(c2ccccc2)C12CCCC2. The minimum absolute atomic E-state index is 0.199. The van der Waals surface area contributed by atoms with E-state index in [1.165, 1.54) is 0 Å². The smallest absolute Gasteiger partial charge is 0.169 e. The van der Waals surface area contributed by atoms with Crippen LogP contribution in [-0.2, 0) is 9.53 Å². The van der Waals surface area contributed by atoms with E-state index >= 15 is 0 Å². The first-order valence-corrected chi connectivity index (χ1v) is 8.80. The van der Waals surface area contributed by atoms with Gasteiger partial charge in [-0.3, -0.25) is 4.79 Å². The van der Waals surface area contributed by atoms with Crippen molar-refractivity contribution in [2.45, 2.75) is 31.8 Å². The molecule has 122 valence electrons. The summed E-state index contributed by atoms with van der Waals surface area (Å²) in [6, 6.07) is 17.6. The lowest BCUT2D eigenvalue weighted by atomic mass is 9.72. The summed E-state index contributed by atoms with van der Waals surface area (Å²) in [5, 5.41) is 0.674. The highest BCUT2D eigenvalue weighted by Gasteiger charge is 2.51. The van der Waals surface area contributed by atoms with Crippen molar-refractivity contribution in [2.75, 3.05) is 0 Å². The quantitative estimate of drug-likeness (QED) is 0.714. The van der Waals surface area contributed by atoms with Crippen LogP contribution in [0.25, 0.3) is 5.76 Å². The summed E-state index contributed by atoms with van der Waals surface area (Å²) in [6.07, 6.45) is 5.44. The first kappa shape index (κ1) is 15.5. The summed E-state index contributed by atoms with van der Waals surface area (Å²) >= 11 is 5.98. The van der Waals surface area contributed by atoms with Crippen LogP contribution in [0.2, 0.25) is 5.02 Å². The molecule has 1 fully saturated rings.